The number of aromatic nitrogens is 3. The Morgan fingerprint density at radius 2 is 1.94 bits per heavy atom. The highest BCUT2D eigenvalue weighted by molar-refractivity contribution is 7.12. The Kier molecular flexibility index (Phi) is 6.02. The van der Waals surface area contributed by atoms with Crippen molar-refractivity contribution in [3.63, 3.8) is 0 Å². The maximum Gasteiger partial charge on any atom is 0.429 e. The fourth-order valence-corrected chi connectivity index (χ4v) is 4.04. The van der Waals surface area contributed by atoms with Crippen molar-refractivity contribution in [3.8, 4) is 11.3 Å². The second-order valence-electron chi connectivity index (χ2n) is 7.57. The van der Waals surface area contributed by atoms with Crippen molar-refractivity contribution in [1.29, 1.82) is 0 Å². The molecule has 4 aromatic rings. The van der Waals surface area contributed by atoms with E-state index in [2.05, 4.69) is 10.1 Å². The van der Waals surface area contributed by atoms with Crippen LogP contribution in [0.25, 0.3) is 16.9 Å². The van der Waals surface area contributed by atoms with Crippen LogP contribution in [0.4, 0.5) is 10.5 Å². The number of carbonyl (C=O) groups is 2. The van der Waals surface area contributed by atoms with Crippen LogP contribution >= 0.6 is 11.3 Å². The third-order valence-corrected chi connectivity index (χ3v) is 5.56. The number of ketones is 1. The summed E-state index contributed by atoms with van der Waals surface area (Å²) < 4.78 is 7.04. The number of hydrazine groups is 1. The molecule has 3 heterocycles. The van der Waals surface area contributed by atoms with Gasteiger partial charge in [-0.2, -0.15) is 5.10 Å². The van der Waals surface area contributed by atoms with E-state index >= 15 is 0 Å². The molecule has 8 nitrogen and oxygen atoms in total. The largest absolute Gasteiger partial charge is 0.445 e. The average Bonchev–Trinajstić information content (AvgIpc) is 3.43. The molecule has 1 aromatic carbocycles. The molecule has 0 saturated heterocycles. The maximum absolute atomic E-state index is 12.9. The van der Waals surface area contributed by atoms with Crippen LogP contribution in [0.5, 0.6) is 0 Å². The first kappa shape index (κ1) is 21.7. The summed E-state index contributed by atoms with van der Waals surface area (Å²) in [5.74, 6) is -0.108. The van der Waals surface area contributed by atoms with E-state index in [4.69, 9.17) is 4.74 Å². The Hall–Kier alpha value is -3.56. The number of benzene rings is 1. The smallest absolute Gasteiger partial charge is 0.429 e. The summed E-state index contributed by atoms with van der Waals surface area (Å²) in [6.45, 7) is 3.62. The Labute approximate surface area is 189 Å². The summed E-state index contributed by atoms with van der Waals surface area (Å²) >= 11 is 1.38. The zero-order valence-electron chi connectivity index (χ0n) is 18.2. The van der Waals surface area contributed by atoms with E-state index < -0.39 is 6.09 Å². The van der Waals surface area contributed by atoms with Crippen LogP contribution in [0.1, 0.15) is 29.1 Å². The van der Waals surface area contributed by atoms with Crippen LogP contribution in [0.2, 0.25) is 0 Å². The average molecular weight is 450 g/mol. The first-order chi connectivity index (χ1) is 15.4. The Balaban J connectivity index is 1.75. The van der Waals surface area contributed by atoms with Gasteiger partial charge < -0.3 is 4.74 Å². The summed E-state index contributed by atoms with van der Waals surface area (Å²) in [5, 5.41) is 9.42. The van der Waals surface area contributed by atoms with E-state index in [1.807, 2.05) is 55.6 Å². The highest BCUT2D eigenvalue weighted by Crippen LogP contribution is 2.27. The standard InChI is InChI=1S/C23H23N5O3S/c1-15(2)31-23(30)28(26(3)4)17-8-5-7-16(13-17)19-10-11-24-22-18(14-25-27(19)22)21(29)20-9-6-12-32-20/h5-15H,1-4H3. The van der Waals surface area contributed by atoms with Gasteiger partial charge in [-0.05, 0) is 43.5 Å². The van der Waals surface area contributed by atoms with E-state index in [9.17, 15) is 9.59 Å². The minimum atomic E-state index is -0.468. The normalized spacial score (nSPS) is 11.3. The summed E-state index contributed by atoms with van der Waals surface area (Å²) in [6.07, 6.45) is 2.49. The first-order valence-corrected chi connectivity index (χ1v) is 10.9. The summed E-state index contributed by atoms with van der Waals surface area (Å²) in [5.41, 5.74) is 3.14. The number of fused-ring (bicyclic) bond motifs is 1. The molecule has 0 aliphatic heterocycles. The lowest BCUT2D eigenvalue weighted by Crippen LogP contribution is -2.43. The number of amides is 1. The van der Waals surface area contributed by atoms with Gasteiger partial charge in [0, 0.05) is 25.9 Å². The third-order valence-electron chi connectivity index (χ3n) is 4.69. The highest BCUT2D eigenvalue weighted by Gasteiger charge is 2.22. The van der Waals surface area contributed by atoms with Gasteiger partial charge in [0.1, 0.15) is 0 Å². The monoisotopic (exact) mass is 449 g/mol. The van der Waals surface area contributed by atoms with Crippen molar-refractivity contribution in [1.82, 2.24) is 19.6 Å². The molecule has 9 heteroatoms. The van der Waals surface area contributed by atoms with Gasteiger partial charge in [0.2, 0.25) is 5.78 Å². The molecule has 0 fully saturated rings. The molecule has 0 radical (unpaired) electrons. The number of anilines is 1. The first-order valence-electron chi connectivity index (χ1n) is 10.1. The minimum absolute atomic E-state index is 0.108. The molecule has 3 aromatic heterocycles. The van der Waals surface area contributed by atoms with E-state index in [1.54, 1.807) is 42.1 Å². The van der Waals surface area contributed by atoms with E-state index in [-0.39, 0.29) is 11.9 Å². The maximum atomic E-state index is 12.9. The van der Waals surface area contributed by atoms with Gasteiger partial charge in [-0.25, -0.2) is 24.3 Å². The molecule has 0 aliphatic rings. The number of carbonyl (C=O) groups excluding carboxylic acids is 2. The van der Waals surface area contributed by atoms with E-state index in [0.29, 0.717) is 21.8 Å². The molecule has 164 valence electrons. The zero-order valence-corrected chi connectivity index (χ0v) is 19.0. The molecule has 0 N–H and O–H groups in total. The third kappa shape index (κ3) is 4.12. The summed E-state index contributed by atoms with van der Waals surface area (Å²) in [7, 11) is 3.55. The van der Waals surface area contributed by atoms with Crippen LogP contribution in [-0.4, -0.2) is 51.7 Å². The molecule has 1 amide bonds. The van der Waals surface area contributed by atoms with Gasteiger partial charge in [0.05, 0.1) is 34.1 Å². The molecular weight excluding hydrogens is 426 g/mol. The number of ether oxygens (including phenoxy) is 1. The lowest BCUT2D eigenvalue weighted by atomic mass is 10.1. The van der Waals surface area contributed by atoms with Crippen molar-refractivity contribution in [2.75, 3.05) is 19.1 Å². The predicted molar refractivity (Wildman–Crippen MR) is 124 cm³/mol. The molecule has 0 bridgehead atoms. The van der Waals surface area contributed by atoms with Gasteiger partial charge in [0.25, 0.3) is 0 Å². The number of hydrogen-bond donors (Lipinski definition) is 0. The van der Waals surface area contributed by atoms with Crippen molar-refractivity contribution in [2.24, 2.45) is 0 Å². The Bertz CT molecular complexity index is 1260. The van der Waals surface area contributed by atoms with Gasteiger partial charge in [-0.1, -0.05) is 18.2 Å². The SMILES string of the molecule is CC(C)OC(=O)N(c1cccc(-c2ccnc3c(C(=O)c4cccs4)cnn23)c1)N(C)C. The van der Waals surface area contributed by atoms with Crippen LogP contribution in [0, 0.1) is 0 Å². The topological polar surface area (TPSA) is 80.0 Å². The number of thiophene rings is 1. The zero-order chi connectivity index (χ0) is 22.8. The van der Waals surface area contributed by atoms with Gasteiger partial charge in [-0.3, -0.25) is 4.79 Å². The summed E-state index contributed by atoms with van der Waals surface area (Å²) in [6, 6.07) is 12.9. The number of hydrogen-bond acceptors (Lipinski definition) is 7. The molecule has 0 aliphatic carbocycles. The lowest BCUT2D eigenvalue weighted by Gasteiger charge is -2.29. The van der Waals surface area contributed by atoms with Crippen molar-refractivity contribution >= 4 is 34.5 Å². The molecular formula is C23H23N5O3S. The Morgan fingerprint density at radius 3 is 2.62 bits per heavy atom. The predicted octanol–water partition coefficient (Wildman–Crippen LogP) is 4.52. The molecule has 4 rings (SSSR count). The van der Waals surface area contributed by atoms with E-state index in [1.165, 1.54) is 16.3 Å². The molecule has 0 atom stereocenters. The van der Waals surface area contributed by atoms with Crippen molar-refractivity contribution in [3.05, 3.63) is 70.7 Å². The van der Waals surface area contributed by atoms with Crippen LogP contribution in [0.15, 0.2) is 60.2 Å². The second-order valence-corrected chi connectivity index (χ2v) is 8.52. The molecule has 0 spiro atoms. The van der Waals surface area contributed by atoms with Crippen LogP contribution < -0.4 is 5.01 Å². The molecule has 0 saturated carbocycles. The summed E-state index contributed by atoms with van der Waals surface area (Å²) in [4.78, 5) is 30.5. The van der Waals surface area contributed by atoms with Gasteiger partial charge in [-0.15, -0.1) is 11.3 Å². The number of rotatable bonds is 6. The lowest BCUT2D eigenvalue weighted by molar-refractivity contribution is 0.104. The van der Waals surface area contributed by atoms with Crippen molar-refractivity contribution in [2.45, 2.75) is 20.0 Å². The Morgan fingerprint density at radius 1 is 1.12 bits per heavy atom. The second kappa shape index (κ2) is 8.89. The highest BCUT2D eigenvalue weighted by atomic mass is 32.1. The van der Waals surface area contributed by atoms with E-state index in [0.717, 1.165) is 11.3 Å². The van der Waals surface area contributed by atoms with Crippen LogP contribution in [-0.2, 0) is 4.74 Å². The fourth-order valence-electron chi connectivity index (χ4n) is 3.36. The van der Waals surface area contributed by atoms with Crippen LogP contribution in [0.3, 0.4) is 0 Å². The quantitative estimate of drug-likeness (QED) is 0.318. The van der Waals surface area contributed by atoms with Gasteiger partial charge in [0.15, 0.2) is 5.65 Å². The molecule has 32 heavy (non-hydrogen) atoms. The fraction of sp³-hybridized carbons (Fsp3) is 0.217. The van der Waals surface area contributed by atoms with Crippen molar-refractivity contribution < 1.29 is 14.3 Å². The number of nitrogens with zero attached hydrogens (tertiary/aromatic N) is 5. The van der Waals surface area contributed by atoms with Gasteiger partial charge >= 0.3 is 6.09 Å². The minimum Gasteiger partial charge on any atom is -0.445 e. The molecule has 0 unspecified atom stereocenters.